The van der Waals surface area contributed by atoms with Gasteiger partial charge in [-0.1, -0.05) is 32.4 Å². The van der Waals surface area contributed by atoms with E-state index < -0.39 is 0 Å². The Bertz CT molecular complexity index is 408. The molecule has 0 fully saturated rings. The number of hydrogen-bond acceptors (Lipinski definition) is 3. The fourth-order valence-corrected chi connectivity index (χ4v) is 2.07. The SMILES string of the molecule is C=CC(=O)NCCCCCCNC(=O)CCCCCNC(=O)C=C. The van der Waals surface area contributed by atoms with Gasteiger partial charge in [-0.15, -0.1) is 0 Å². The van der Waals surface area contributed by atoms with Crippen molar-refractivity contribution in [2.24, 2.45) is 0 Å². The van der Waals surface area contributed by atoms with Crippen molar-refractivity contribution < 1.29 is 14.4 Å². The Labute approximate surface area is 145 Å². The standard InChI is InChI=1S/C18H31N3O3/c1-3-16(22)19-13-9-5-6-10-15-21-18(24)12-8-7-11-14-20-17(23)4-2/h3-4H,1-2,5-15H2,(H,19,22)(H,20,23)(H,21,24). The molecule has 0 aromatic carbocycles. The molecule has 0 spiro atoms. The van der Waals surface area contributed by atoms with E-state index in [1.807, 2.05) is 0 Å². The predicted molar refractivity (Wildman–Crippen MR) is 96.4 cm³/mol. The first-order valence-electron chi connectivity index (χ1n) is 8.67. The molecule has 0 rings (SSSR count). The van der Waals surface area contributed by atoms with Crippen LogP contribution in [-0.2, 0) is 14.4 Å². The molecule has 0 aromatic rings. The van der Waals surface area contributed by atoms with Crippen LogP contribution in [0.4, 0.5) is 0 Å². The lowest BCUT2D eigenvalue weighted by Gasteiger charge is -2.06. The second kappa shape index (κ2) is 15.8. The number of carbonyl (C=O) groups is 3. The topological polar surface area (TPSA) is 87.3 Å². The van der Waals surface area contributed by atoms with Gasteiger partial charge in [0.2, 0.25) is 17.7 Å². The van der Waals surface area contributed by atoms with E-state index in [4.69, 9.17) is 0 Å². The molecule has 3 amide bonds. The summed E-state index contributed by atoms with van der Waals surface area (Å²) in [5.41, 5.74) is 0. The quantitative estimate of drug-likeness (QED) is 0.315. The van der Waals surface area contributed by atoms with Crippen molar-refractivity contribution in [3.63, 3.8) is 0 Å². The molecule has 6 heteroatoms. The van der Waals surface area contributed by atoms with E-state index >= 15 is 0 Å². The van der Waals surface area contributed by atoms with Gasteiger partial charge < -0.3 is 16.0 Å². The van der Waals surface area contributed by atoms with Crippen LogP contribution >= 0.6 is 0 Å². The van der Waals surface area contributed by atoms with Gasteiger partial charge in [-0.2, -0.15) is 0 Å². The highest BCUT2D eigenvalue weighted by Gasteiger charge is 2.01. The zero-order valence-corrected chi connectivity index (χ0v) is 14.6. The van der Waals surface area contributed by atoms with E-state index in [-0.39, 0.29) is 17.7 Å². The second-order valence-corrected chi connectivity index (χ2v) is 5.57. The lowest BCUT2D eigenvalue weighted by Crippen LogP contribution is -2.24. The maximum Gasteiger partial charge on any atom is 0.243 e. The molecule has 3 N–H and O–H groups in total. The Kier molecular flexibility index (Phi) is 14.4. The van der Waals surface area contributed by atoms with E-state index in [0.29, 0.717) is 26.1 Å². The number of unbranched alkanes of at least 4 members (excludes halogenated alkanes) is 5. The lowest BCUT2D eigenvalue weighted by atomic mass is 10.1. The minimum absolute atomic E-state index is 0.0865. The lowest BCUT2D eigenvalue weighted by molar-refractivity contribution is -0.121. The molecule has 0 aromatic heterocycles. The summed E-state index contributed by atoms with van der Waals surface area (Å²) in [6.07, 6.45) is 9.64. The number of amides is 3. The van der Waals surface area contributed by atoms with Gasteiger partial charge in [0.15, 0.2) is 0 Å². The highest BCUT2D eigenvalue weighted by molar-refractivity contribution is 5.87. The van der Waals surface area contributed by atoms with Crippen molar-refractivity contribution in [3.05, 3.63) is 25.3 Å². The minimum atomic E-state index is -0.157. The van der Waals surface area contributed by atoms with Crippen molar-refractivity contribution in [2.75, 3.05) is 19.6 Å². The van der Waals surface area contributed by atoms with Crippen molar-refractivity contribution in [3.8, 4) is 0 Å². The van der Waals surface area contributed by atoms with Crippen LogP contribution in [0.2, 0.25) is 0 Å². The molecule has 6 nitrogen and oxygen atoms in total. The van der Waals surface area contributed by atoms with Crippen molar-refractivity contribution in [1.82, 2.24) is 16.0 Å². The summed E-state index contributed by atoms with van der Waals surface area (Å²) in [4.78, 5) is 33.4. The fourth-order valence-electron chi connectivity index (χ4n) is 2.07. The summed E-state index contributed by atoms with van der Waals surface area (Å²) in [5, 5.41) is 8.36. The van der Waals surface area contributed by atoms with Crippen molar-refractivity contribution >= 4 is 17.7 Å². The molecule has 0 saturated carbocycles. The predicted octanol–water partition coefficient (Wildman–Crippen LogP) is 1.83. The maximum atomic E-state index is 11.6. The average molecular weight is 337 g/mol. The van der Waals surface area contributed by atoms with Crippen LogP contribution in [-0.4, -0.2) is 37.4 Å². The minimum Gasteiger partial charge on any atom is -0.356 e. The summed E-state index contributed by atoms with van der Waals surface area (Å²) in [5.74, 6) is -0.204. The van der Waals surface area contributed by atoms with Crippen LogP contribution in [0.15, 0.2) is 25.3 Å². The Balaban J connectivity index is 3.29. The normalized spacial score (nSPS) is 9.83. The fraction of sp³-hybridized carbons (Fsp3) is 0.611. The summed E-state index contributed by atoms with van der Waals surface area (Å²) < 4.78 is 0. The Morgan fingerprint density at radius 1 is 0.625 bits per heavy atom. The number of hydrogen-bond donors (Lipinski definition) is 3. The van der Waals surface area contributed by atoms with Crippen LogP contribution in [0.3, 0.4) is 0 Å². The van der Waals surface area contributed by atoms with Gasteiger partial charge in [-0.3, -0.25) is 14.4 Å². The highest BCUT2D eigenvalue weighted by Crippen LogP contribution is 2.00. The van der Waals surface area contributed by atoms with Gasteiger partial charge in [-0.25, -0.2) is 0 Å². The molecule has 0 bridgehead atoms. The molecule has 0 heterocycles. The van der Waals surface area contributed by atoms with E-state index in [0.717, 1.165) is 44.9 Å². The van der Waals surface area contributed by atoms with Gasteiger partial charge >= 0.3 is 0 Å². The first-order valence-corrected chi connectivity index (χ1v) is 8.67. The number of rotatable bonds is 15. The zero-order chi connectivity index (χ0) is 18.0. The van der Waals surface area contributed by atoms with Gasteiger partial charge in [0, 0.05) is 26.1 Å². The van der Waals surface area contributed by atoms with Gasteiger partial charge in [-0.05, 0) is 37.8 Å². The van der Waals surface area contributed by atoms with Gasteiger partial charge in [0.25, 0.3) is 0 Å². The zero-order valence-electron chi connectivity index (χ0n) is 14.6. The molecule has 0 aliphatic rings. The van der Waals surface area contributed by atoms with Crippen LogP contribution in [0.5, 0.6) is 0 Å². The summed E-state index contributed by atoms with van der Waals surface area (Å²) in [6.45, 7) is 8.77. The molecule has 0 radical (unpaired) electrons. The molecule has 0 aliphatic heterocycles. The largest absolute Gasteiger partial charge is 0.356 e. The van der Waals surface area contributed by atoms with Crippen LogP contribution in [0.25, 0.3) is 0 Å². The molecule has 0 unspecified atom stereocenters. The Morgan fingerprint density at radius 2 is 1.04 bits per heavy atom. The summed E-state index contributed by atoms with van der Waals surface area (Å²) in [6, 6.07) is 0. The van der Waals surface area contributed by atoms with Crippen LogP contribution in [0.1, 0.15) is 51.4 Å². The van der Waals surface area contributed by atoms with Crippen molar-refractivity contribution in [2.45, 2.75) is 51.4 Å². The number of nitrogens with one attached hydrogen (secondary N) is 3. The van der Waals surface area contributed by atoms with Crippen molar-refractivity contribution in [1.29, 1.82) is 0 Å². The van der Waals surface area contributed by atoms with Gasteiger partial charge in [0.1, 0.15) is 0 Å². The van der Waals surface area contributed by atoms with Crippen LogP contribution < -0.4 is 16.0 Å². The Morgan fingerprint density at radius 3 is 1.50 bits per heavy atom. The monoisotopic (exact) mass is 337 g/mol. The van der Waals surface area contributed by atoms with E-state index in [1.54, 1.807) is 0 Å². The molecule has 0 atom stereocenters. The maximum absolute atomic E-state index is 11.6. The highest BCUT2D eigenvalue weighted by atomic mass is 16.2. The first kappa shape index (κ1) is 21.9. The molecular formula is C18H31N3O3. The van der Waals surface area contributed by atoms with E-state index in [9.17, 15) is 14.4 Å². The van der Waals surface area contributed by atoms with E-state index in [2.05, 4.69) is 29.1 Å². The second-order valence-electron chi connectivity index (χ2n) is 5.57. The third kappa shape index (κ3) is 14.8. The molecule has 136 valence electrons. The third-order valence-corrected chi connectivity index (χ3v) is 3.48. The summed E-state index contributed by atoms with van der Waals surface area (Å²) in [7, 11) is 0. The summed E-state index contributed by atoms with van der Waals surface area (Å²) >= 11 is 0. The Hall–Kier alpha value is -2.11. The molecule has 0 aliphatic carbocycles. The van der Waals surface area contributed by atoms with Gasteiger partial charge in [0.05, 0.1) is 0 Å². The van der Waals surface area contributed by atoms with E-state index in [1.165, 1.54) is 12.2 Å². The smallest absolute Gasteiger partial charge is 0.243 e. The molecule has 0 saturated heterocycles. The van der Waals surface area contributed by atoms with Crippen LogP contribution in [0, 0.1) is 0 Å². The third-order valence-electron chi connectivity index (χ3n) is 3.48. The average Bonchev–Trinajstić information content (AvgIpc) is 2.59. The molecular weight excluding hydrogens is 306 g/mol. The molecule has 24 heavy (non-hydrogen) atoms. The number of carbonyl (C=O) groups excluding carboxylic acids is 3. The first-order chi connectivity index (χ1) is 11.6.